The van der Waals surface area contributed by atoms with Crippen LogP contribution in [0.3, 0.4) is 0 Å². The van der Waals surface area contributed by atoms with Crippen LogP contribution in [0.25, 0.3) is 0 Å². The SMILES string of the molecule is O=C(O)c1cccnc1C(=O)NCCCCO. The van der Waals surface area contributed by atoms with Crippen molar-refractivity contribution < 1.29 is 19.8 Å². The van der Waals surface area contributed by atoms with Gasteiger partial charge >= 0.3 is 5.97 Å². The molecule has 0 bridgehead atoms. The zero-order valence-electron chi connectivity index (χ0n) is 9.22. The first-order valence-electron chi connectivity index (χ1n) is 5.24. The fourth-order valence-electron chi connectivity index (χ4n) is 1.28. The van der Waals surface area contributed by atoms with E-state index in [1.165, 1.54) is 18.3 Å². The molecule has 1 aromatic heterocycles. The Morgan fingerprint density at radius 2 is 2.12 bits per heavy atom. The van der Waals surface area contributed by atoms with Crippen molar-refractivity contribution in [2.45, 2.75) is 12.8 Å². The molecule has 17 heavy (non-hydrogen) atoms. The standard InChI is InChI=1S/C11H14N2O4/c14-7-2-1-5-13-10(15)9-8(11(16)17)4-3-6-12-9/h3-4,6,14H,1-2,5,7H2,(H,13,15)(H,16,17). The number of nitrogens with one attached hydrogen (secondary N) is 1. The van der Waals surface area contributed by atoms with Gasteiger partial charge in [-0.05, 0) is 25.0 Å². The molecule has 0 saturated heterocycles. The number of carboxylic acids is 1. The molecule has 0 aliphatic heterocycles. The van der Waals surface area contributed by atoms with Crippen LogP contribution in [0, 0.1) is 0 Å². The quantitative estimate of drug-likeness (QED) is 0.618. The number of hydrogen-bond acceptors (Lipinski definition) is 4. The van der Waals surface area contributed by atoms with Gasteiger partial charge in [0, 0.05) is 19.3 Å². The Kier molecular flexibility index (Phi) is 5.09. The Morgan fingerprint density at radius 3 is 2.76 bits per heavy atom. The van der Waals surface area contributed by atoms with Crippen LogP contribution in [0.4, 0.5) is 0 Å². The van der Waals surface area contributed by atoms with E-state index in [0.29, 0.717) is 19.4 Å². The van der Waals surface area contributed by atoms with Gasteiger partial charge in [0.15, 0.2) is 0 Å². The van der Waals surface area contributed by atoms with Gasteiger partial charge in [-0.25, -0.2) is 4.79 Å². The number of carbonyl (C=O) groups is 2. The van der Waals surface area contributed by atoms with Crippen LogP contribution in [0.5, 0.6) is 0 Å². The molecule has 0 spiro atoms. The highest BCUT2D eigenvalue weighted by atomic mass is 16.4. The fraction of sp³-hybridized carbons (Fsp3) is 0.364. The van der Waals surface area contributed by atoms with Gasteiger partial charge in [0.05, 0.1) is 5.56 Å². The van der Waals surface area contributed by atoms with Crippen LogP contribution in [-0.2, 0) is 0 Å². The third-order valence-electron chi connectivity index (χ3n) is 2.12. The lowest BCUT2D eigenvalue weighted by molar-refractivity contribution is 0.0690. The van der Waals surface area contributed by atoms with E-state index < -0.39 is 11.9 Å². The number of carboxylic acid groups (broad SMARTS) is 1. The van der Waals surface area contributed by atoms with Crippen molar-refractivity contribution in [1.29, 1.82) is 0 Å². The molecule has 0 aliphatic carbocycles. The summed E-state index contributed by atoms with van der Waals surface area (Å²) in [6, 6.07) is 2.80. The number of unbranched alkanes of at least 4 members (excludes halogenated alkanes) is 1. The van der Waals surface area contributed by atoms with Gasteiger partial charge in [-0.1, -0.05) is 0 Å². The van der Waals surface area contributed by atoms with E-state index in [1.54, 1.807) is 0 Å². The number of aliphatic hydroxyl groups excluding tert-OH is 1. The molecule has 1 rings (SSSR count). The Balaban J connectivity index is 2.65. The monoisotopic (exact) mass is 238 g/mol. The summed E-state index contributed by atoms with van der Waals surface area (Å²) in [4.78, 5) is 26.2. The first kappa shape index (κ1) is 13.1. The molecule has 6 heteroatoms. The minimum absolute atomic E-state index is 0.0693. The molecule has 0 unspecified atom stereocenters. The van der Waals surface area contributed by atoms with Crippen molar-refractivity contribution in [3.05, 3.63) is 29.6 Å². The Bertz CT molecular complexity index is 406. The summed E-state index contributed by atoms with van der Waals surface area (Å²) < 4.78 is 0. The van der Waals surface area contributed by atoms with Crippen molar-refractivity contribution in [3.63, 3.8) is 0 Å². The summed E-state index contributed by atoms with van der Waals surface area (Å²) >= 11 is 0. The molecule has 1 aromatic rings. The van der Waals surface area contributed by atoms with Gasteiger partial charge in [-0.15, -0.1) is 0 Å². The first-order chi connectivity index (χ1) is 8.16. The normalized spacial score (nSPS) is 9.94. The van der Waals surface area contributed by atoms with Crippen LogP contribution >= 0.6 is 0 Å². The number of aromatic carboxylic acids is 1. The number of hydrogen-bond donors (Lipinski definition) is 3. The maximum Gasteiger partial charge on any atom is 0.338 e. The molecule has 0 saturated carbocycles. The lowest BCUT2D eigenvalue weighted by atomic mass is 10.2. The zero-order chi connectivity index (χ0) is 12.7. The largest absolute Gasteiger partial charge is 0.478 e. The van der Waals surface area contributed by atoms with E-state index in [4.69, 9.17) is 10.2 Å². The highest BCUT2D eigenvalue weighted by Crippen LogP contribution is 2.05. The molecule has 0 fully saturated rings. The van der Waals surface area contributed by atoms with Crippen LogP contribution in [-0.4, -0.2) is 40.2 Å². The van der Waals surface area contributed by atoms with Gasteiger partial charge in [0.2, 0.25) is 0 Å². The van der Waals surface area contributed by atoms with Gasteiger partial charge in [-0.2, -0.15) is 0 Å². The second-order valence-corrected chi connectivity index (χ2v) is 3.39. The lowest BCUT2D eigenvalue weighted by Gasteiger charge is -2.05. The summed E-state index contributed by atoms with van der Waals surface area (Å²) in [5, 5.41) is 20.0. The number of nitrogens with zero attached hydrogens (tertiary/aromatic N) is 1. The van der Waals surface area contributed by atoms with Gasteiger partial charge < -0.3 is 15.5 Å². The third kappa shape index (κ3) is 3.84. The van der Waals surface area contributed by atoms with Gasteiger partial charge in [0.1, 0.15) is 5.69 Å². The van der Waals surface area contributed by atoms with E-state index in [9.17, 15) is 9.59 Å². The number of rotatable bonds is 6. The fourth-order valence-corrected chi connectivity index (χ4v) is 1.28. The predicted octanol–water partition coefficient (Wildman–Crippen LogP) is 0.282. The van der Waals surface area contributed by atoms with Crippen LogP contribution in [0.15, 0.2) is 18.3 Å². The van der Waals surface area contributed by atoms with Gasteiger partial charge in [0.25, 0.3) is 5.91 Å². The van der Waals surface area contributed by atoms with Crippen LogP contribution in [0.1, 0.15) is 33.7 Å². The molecule has 0 radical (unpaired) electrons. The molecule has 1 amide bonds. The van der Waals surface area contributed by atoms with E-state index in [2.05, 4.69) is 10.3 Å². The number of carbonyl (C=O) groups excluding carboxylic acids is 1. The molecule has 3 N–H and O–H groups in total. The summed E-state index contributed by atoms with van der Waals surface area (Å²) in [7, 11) is 0. The smallest absolute Gasteiger partial charge is 0.338 e. The summed E-state index contributed by atoms with van der Waals surface area (Å²) in [5.74, 6) is -1.69. The molecule has 1 heterocycles. The highest BCUT2D eigenvalue weighted by Gasteiger charge is 2.16. The molecular weight excluding hydrogens is 224 g/mol. The molecule has 0 aliphatic rings. The first-order valence-corrected chi connectivity index (χ1v) is 5.24. The number of amides is 1. The van der Waals surface area contributed by atoms with Crippen molar-refractivity contribution in [3.8, 4) is 0 Å². The summed E-state index contributed by atoms with van der Waals surface area (Å²) in [5.41, 5.74) is -0.212. The minimum Gasteiger partial charge on any atom is -0.478 e. The average molecular weight is 238 g/mol. The maximum absolute atomic E-state index is 11.6. The zero-order valence-corrected chi connectivity index (χ0v) is 9.22. The molecule has 0 aromatic carbocycles. The second-order valence-electron chi connectivity index (χ2n) is 3.39. The van der Waals surface area contributed by atoms with Crippen LogP contribution in [0.2, 0.25) is 0 Å². The number of aliphatic hydroxyl groups is 1. The topological polar surface area (TPSA) is 99.5 Å². The van der Waals surface area contributed by atoms with E-state index >= 15 is 0 Å². The molecule has 0 atom stereocenters. The Morgan fingerprint density at radius 1 is 1.35 bits per heavy atom. The van der Waals surface area contributed by atoms with E-state index in [-0.39, 0.29) is 17.9 Å². The van der Waals surface area contributed by atoms with E-state index in [1.807, 2.05) is 0 Å². The Labute approximate surface area is 98.3 Å². The van der Waals surface area contributed by atoms with Crippen molar-refractivity contribution in [1.82, 2.24) is 10.3 Å². The third-order valence-corrected chi connectivity index (χ3v) is 2.12. The summed E-state index contributed by atoms with van der Waals surface area (Å²) in [6.45, 7) is 0.453. The highest BCUT2D eigenvalue weighted by molar-refractivity contribution is 6.03. The molecule has 92 valence electrons. The Hall–Kier alpha value is -1.95. The van der Waals surface area contributed by atoms with E-state index in [0.717, 1.165) is 0 Å². The molecular formula is C11H14N2O4. The number of aromatic nitrogens is 1. The predicted molar refractivity (Wildman–Crippen MR) is 59.8 cm³/mol. The minimum atomic E-state index is -1.18. The van der Waals surface area contributed by atoms with Crippen LogP contribution < -0.4 is 5.32 Å². The second kappa shape index (κ2) is 6.59. The maximum atomic E-state index is 11.6. The van der Waals surface area contributed by atoms with Crippen molar-refractivity contribution in [2.24, 2.45) is 0 Å². The van der Waals surface area contributed by atoms with Gasteiger partial charge in [-0.3, -0.25) is 9.78 Å². The molecule has 6 nitrogen and oxygen atoms in total. The number of pyridine rings is 1. The average Bonchev–Trinajstić information content (AvgIpc) is 2.34. The summed E-state index contributed by atoms with van der Waals surface area (Å²) in [6.07, 6.45) is 2.60. The lowest BCUT2D eigenvalue weighted by Crippen LogP contribution is -2.27. The van der Waals surface area contributed by atoms with Crippen molar-refractivity contribution in [2.75, 3.05) is 13.2 Å². The van der Waals surface area contributed by atoms with Crippen molar-refractivity contribution >= 4 is 11.9 Å².